The first-order valence-corrected chi connectivity index (χ1v) is 7.58. The minimum atomic E-state index is -0.0830. The van der Waals surface area contributed by atoms with Crippen molar-refractivity contribution < 1.29 is 14.3 Å². The number of anilines is 1. The lowest BCUT2D eigenvalue weighted by atomic mass is 10.1. The van der Waals surface area contributed by atoms with E-state index in [1.165, 1.54) is 0 Å². The predicted molar refractivity (Wildman–Crippen MR) is 83.1 cm³/mol. The van der Waals surface area contributed by atoms with Crippen molar-refractivity contribution in [2.24, 2.45) is 0 Å². The Morgan fingerprint density at radius 3 is 3.10 bits per heavy atom. The van der Waals surface area contributed by atoms with Crippen molar-refractivity contribution in [1.82, 2.24) is 5.32 Å². The van der Waals surface area contributed by atoms with Crippen LogP contribution in [0.2, 0.25) is 0 Å². The third-order valence-corrected chi connectivity index (χ3v) is 3.23. The molecule has 0 saturated carbocycles. The number of fused-ring (bicyclic) bond motifs is 1. The molecule has 0 spiro atoms. The standard InChI is InChI=1S/C16H24N2O3/c1-12(2)20-10-4-3-8-18-16(19)13-6-5-7-14-15(13)21-11-9-17-14/h5-7,12,17H,3-4,8-11H2,1-2H3,(H,18,19). The molecule has 0 unspecified atom stereocenters. The molecule has 0 atom stereocenters. The number of ether oxygens (including phenoxy) is 2. The van der Waals surface area contributed by atoms with Crippen LogP contribution in [0.25, 0.3) is 0 Å². The maximum Gasteiger partial charge on any atom is 0.255 e. The fourth-order valence-electron chi connectivity index (χ4n) is 2.19. The number of carbonyl (C=O) groups excluding carboxylic acids is 1. The number of unbranched alkanes of at least 4 members (excludes halogenated alkanes) is 1. The summed E-state index contributed by atoms with van der Waals surface area (Å²) < 4.78 is 11.1. The summed E-state index contributed by atoms with van der Waals surface area (Å²) >= 11 is 0. The van der Waals surface area contributed by atoms with Crippen molar-refractivity contribution in [3.63, 3.8) is 0 Å². The second-order valence-corrected chi connectivity index (χ2v) is 5.34. The van der Waals surface area contributed by atoms with E-state index in [9.17, 15) is 4.79 Å². The summed E-state index contributed by atoms with van der Waals surface area (Å²) in [5.74, 6) is 0.574. The van der Waals surface area contributed by atoms with Gasteiger partial charge in [-0.05, 0) is 38.8 Å². The average molecular weight is 292 g/mol. The van der Waals surface area contributed by atoms with Crippen molar-refractivity contribution >= 4 is 11.6 Å². The fraction of sp³-hybridized carbons (Fsp3) is 0.562. The molecule has 1 aliphatic rings. The van der Waals surface area contributed by atoms with E-state index in [-0.39, 0.29) is 12.0 Å². The second-order valence-electron chi connectivity index (χ2n) is 5.34. The van der Waals surface area contributed by atoms with Crippen LogP contribution < -0.4 is 15.4 Å². The van der Waals surface area contributed by atoms with E-state index in [2.05, 4.69) is 10.6 Å². The first kappa shape index (κ1) is 15.6. The number of amides is 1. The van der Waals surface area contributed by atoms with Gasteiger partial charge in [0.15, 0.2) is 5.75 Å². The molecule has 1 amide bonds. The van der Waals surface area contributed by atoms with Gasteiger partial charge in [-0.1, -0.05) is 6.07 Å². The van der Waals surface area contributed by atoms with Gasteiger partial charge in [-0.2, -0.15) is 0 Å². The van der Waals surface area contributed by atoms with Gasteiger partial charge in [0.2, 0.25) is 0 Å². The molecule has 5 nitrogen and oxygen atoms in total. The lowest BCUT2D eigenvalue weighted by molar-refractivity contribution is 0.0754. The quantitative estimate of drug-likeness (QED) is 0.758. The van der Waals surface area contributed by atoms with E-state index in [4.69, 9.17) is 9.47 Å². The third kappa shape index (κ3) is 4.63. The Morgan fingerprint density at radius 2 is 2.29 bits per heavy atom. The first-order chi connectivity index (χ1) is 10.2. The van der Waals surface area contributed by atoms with E-state index >= 15 is 0 Å². The van der Waals surface area contributed by atoms with Crippen LogP contribution in [-0.4, -0.2) is 38.3 Å². The zero-order valence-electron chi connectivity index (χ0n) is 12.8. The summed E-state index contributed by atoms with van der Waals surface area (Å²) in [6.07, 6.45) is 2.12. The Labute approximate surface area is 126 Å². The summed E-state index contributed by atoms with van der Waals surface area (Å²) in [6.45, 7) is 6.79. The summed E-state index contributed by atoms with van der Waals surface area (Å²) in [4.78, 5) is 12.2. The topological polar surface area (TPSA) is 59.6 Å². The average Bonchev–Trinajstić information content (AvgIpc) is 2.49. The second kappa shape index (κ2) is 7.88. The maximum atomic E-state index is 12.2. The highest BCUT2D eigenvalue weighted by atomic mass is 16.5. The van der Waals surface area contributed by atoms with E-state index in [0.29, 0.717) is 24.5 Å². The number of carbonyl (C=O) groups is 1. The molecule has 116 valence electrons. The van der Waals surface area contributed by atoms with Crippen LogP contribution in [-0.2, 0) is 4.74 Å². The highest BCUT2D eigenvalue weighted by molar-refractivity contribution is 5.98. The van der Waals surface area contributed by atoms with E-state index in [0.717, 1.165) is 31.7 Å². The first-order valence-electron chi connectivity index (χ1n) is 7.58. The number of rotatable bonds is 7. The summed E-state index contributed by atoms with van der Waals surface area (Å²) in [5, 5.41) is 6.17. The summed E-state index contributed by atoms with van der Waals surface area (Å²) in [6, 6.07) is 5.59. The monoisotopic (exact) mass is 292 g/mol. The normalized spacial score (nSPS) is 13.3. The Bertz CT molecular complexity index is 475. The number of hydrogen-bond donors (Lipinski definition) is 2. The molecule has 0 radical (unpaired) electrons. The number of nitrogens with one attached hydrogen (secondary N) is 2. The van der Waals surface area contributed by atoms with Gasteiger partial charge in [0.1, 0.15) is 6.61 Å². The highest BCUT2D eigenvalue weighted by Crippen LogP contribution is 2.30. The van der Waals surface area contributed by atoms with Gasteiger partial charge in [0.25, 0.3) is 5.91 Å². The summed E-state index contributed by atoms with van der Waals surface area (Å²) in [5.41, 5.74) is 1.48. The molecule has 0 saturated heterocycles. The van der Waals surface area contributed by atoms with Crippen LogP contribution in [0.3, 0.4) is 0 Å². The van der Waals surface area contributed by atoms with Gasteiger partial charge in [0.05, 0.1) is 17.4 Å². The zero-order valence-corrected chi connectivity index (χ0v) is 12.8. The SMILES string of the molecule is CC(C)OCCCCNC(=O)c1cccc2c1OCCN2. The third-order valence-electron chi connectivity index (χ3n) is 3.23. The van der Waals surface area contributed by atoms with Crippen molar-refractivity contribution in [2.75, 3.05) is 31.6 Å². The summed E-state index contributed by atoms with van der Waals surface area (Å²) in [7, 11) is 0. The highest BCUT2D eigenvalue weighted by Gasteiger charge is 2.18. The molecule has 0 fully saturated rings. The van der Waals surface area contributed by atoms with Crippen molar-refractivity contribution in [3.05, 3.63) is 23.8 Å². The molecule has 5 heteroatoms. The van der Waals surface area contributed by atoms with Gasteiger partial charge in [-0.25, -0.2) is 0 Å². The Morgan fingerprint density at radius 1 is 1.43 bits per heavy atom. The number of hydrogen-bond acceptors (Lipinski definition) is 4. The molecule has 1 aromatic rings. The van der Waals surface area contributed by atoms with E-state index in [1.807, 2.05) is 26.0 Å². The van der Waals surface area contributed by atoms with Crippen LogP contribution >= 0.6 is 0 Å². The molecule has 2 rings (SSSR count). The molecular weight excluding hydrogens is 268 g/mol. The van der Waals surface area contributed by atoms with Gasteiger partial charge < -0.3 is 20.1 Å². The molecule has 1 aliphatic heterocycles. The van der Waals surface area contributed by atoms with Gasteiger partial charge in [-0.15, -0.1) is 0 Å². The van der Waals surface area contributed by atoms with Crippen molar-refractivity contribution in [3.8, 4) is 5.75 Å². The Balaban J connectivity index is 1.79. The number of benzene rings is 1. The molecule has 1 heterocycles. The van der Waals surface area contributed by atoms with Gasteiger partial charge in [-0.3, -0.25) is 4.79 Å². The molecule has 1 aromatic carbocycles. The van der Waals surface area contributed by atoms with Crippen LogP contribution in [0, 0.1) is 0 Å². The fourth-order valence-corrected chi connectivity index (χ4v) is 2.19. The van der Waals surface area contributed by atoms with Crippen molar-refractivity contribution in [1.29, 1.82) is 0 Å². The van der Waals surface area contributed by atoms with Crippen LogP contribution in [0.15, 0.2) is 18.2 Å². The maximum absolute atomic E-state index is 12.2. The van der Waals surface area contributed by atoms with E-state index in [1.54, 1.807) is 6.07 Å². The zero-order chi connectivity index (χ0) is 15.1. The van der Waals surface area contributed by atoms with Crippen LogP contribution in [0.1, 0.15) is 37.0 Å². The van der Waals surface area contributed by atoms with Crippen molar-refractivity contribution in [2.45, 2.75) is 32.8 Å². The molecule has 0 aromatic heterocycles. The lowest BCUT2D eigenvalue weighted by Gasteiger charge is -2.21. The van der Waals surface area contributed by atoms with Gasteiger partial charge in [0, 0.05) is 19.7 Å². The minimum Gasteiger partial charge on any atom is -0.489 e. The predicted octanol–water partition coefficient (Wildman–Crippen LogP) is 2.43. The Hall–Kier alpha value is -1.75. The molecule has 21 heavy (non-hydrogen) atoms. The largest absolute Gasteiger partial charge is 0.489 e. The van der Waals surface area contributed by atoms with Crippen LogP contribution in [0.5, 0.6) is 5.75 Å². The molecule has 2 N–H and O–H groups in total. The molecule has 0 bridgehead atoms. The minimum absolute atomic E-state index is 0.0830. The lowest BCUT2D eigenvalue weighted by Crippen LogP contribution is -2.27. The van der Waals surface area contributed by atoms with Gasteiger partial charge >= 0.3 is 0 Å². The molecular formula is C16H24N2O3. The van der Waals surface area contributed by atoms with E-state index < -0.39 is 0 Å². The molecule has 0 aliphatic carbocycles. The Kier molecular flexibility index (Phi) is 5.87. The number of para-hydroxylation sites is 1. The smallest absolute Gasteiger partial charge is 0.255 e. The van der Waals surface area contributed by atoms with Crippen LogP contribution in [0.4, 0.5) is 5.69 Å².